The van der Waals surface area contributed by atoms with Gasteiger partial charge >= 0.3 is 5.69 Å². The van der Waals surface area contributed by atoms with Crippen molar-refractivity contribution in [2.45, 2.75) is 38.8 Å². The fourth-order valence-corrected chi connectivity index (χ4v) is 6.01. The predicted molar refractivity (Wildman–Crippen MR) is 138 cm³/mol. The minimum absolute atomic E-state index is 0.106. The molecule has 2 heterocycles. The first kappa shape index (κ1) is 25.4. The summed E-state index contributed by atoms with van der Waals surface area (Å²) in [6.45, 7) is 6.66. The molecule has 36 heavy (non-hydrogen) atoms. The van der Waals surface area contributed by atoms with E-state index >= 15 is 0 Å². The average molecular weight is 508 g/mol. The summed E-state index contributed by atoms with van der Waals surface area (Å²) in [6.07, 6.45) is 0. The van der Waals surface area contributed by atoms with Crippen LogP contribution in [0.15, 0.2) is 63.0 Å². The minimum Gasteiger partial charge on any atom is -0.355 e. The Bertz CT molecular complexity index is 1520. The quantitative estimate of drug-likeness (QED) is 0.505. The van der Waals surface area contributed by atoms with Crippen molar-refractivity contribution in [2.75, 3.05) is 31.1 Å². The molecule has 1 saturated heterocycles. The van der Waals surface area contributed by atoms with E-state index in [4.69, 9.17) is 0 Å². The van der Waals surface area contributed by atoms with E-state index in [1.807, 2.05) is 45.0 Å². The summed E-state index contributed by atoms with van der Waals surface area (Å²) in [6, 6.07) is 16.0. The van der Waals surface area contributed by atoms with Crippen molar-refractivity contribution in [3.63, 3.8) is 0 Å². The molecule has 9 nitrogen and oxygen atoms in total. The number of piperazine rings is 1. The fraction of sp³-hybridized carbons (Fsp3) is 0.346. The van der Waals surface area contributed by atoms with Crippen molar-refractivity contribution >= 4 is 15.8 Å². The van der Waals surface area contributed by atoms with Gasteiger partial charge < -0.3 is 4.90 Å². The normalized spacial score (nSPS) is 14.6. The first-order valence-electron chi connectivity index (χ1n) is 11.7. The Morgan fingerprint density at radius 3 is 2.03 bits per heavy atom. The van der Waals surface area contributed by atoms with Crippen LogP contribution in [0.2, 0.25) is 0 Å². The average Bonchev–Trinajstić information content (AvgIpc) is 2.83. The highest BCUT2D eigenvalue weighted by atomic mass is 32.2. The van der Waals surface area contributed by atoms with E-state index in [2.05, 4.69) is 0 Å². The zero-order valence-electron chi connectivity index (χ0n) is 20.6. The largest absolute Gasteiger partial charge is 0.355 e. The Kier molecular flexibility index (Phi) is 7.15. The van der Waals surface area contributed by atoms with Crippen molar-refractivity contribution in [3.8, 4) is 6.07 Å². The summed E-state index contributed by atoms with van der Waals surface area (Å²) in [5.41, 5.74) is 2.85. The maximum absolute atomic E-state index is 13.3. The van der Waals surface area contributed by atoms with Crippen molar-refractivity contribution < 1.29 is 8.42 Å². The number of rotatable bonds is 6. The number of hydrogen-bond donors (Lipinski definition) is 0. The van der Waals surface area contributed by atoms with Crippen LogP contribution < -0.4 is 16.1 Å². The third kappa shape index (κ3) is 5.12. The van der Waals surface area contributed by atoms with E-state index in [1.54, 1.807) is 29.2 Å². The van der Waals surface area contributed by atoms with Crippen LogP contribution in [-0.4, -0.2) is 48.0 Å². The molecule has 1 aliphatic rings. The zero-order chi connectivity index (χ0) is 26.0. The molecule has 10 heteroatoms. The van der Waals surface area contributed by atoms with Crippen molar-refractivity contribution in [1.82, 2.24) is 13.4 Å². The third-order valence-corrected chi connectivity index (χ3v) is 8.24. The van der Waals surface area contributed by atoms with Gasteiger partial charge in [0.2, 0.25) is 10.0 Å². The Morgan fingerprint density at radius 1 is 0.833 bits per heavy atom. The number of anilines is 1. The molecule has 1 aromatic heterocycles. The van der Waals surface area contributed by atoms with Crippen LogP contribution >= 0.6 is 0 Å². The standard InChI is InChI=1S/C26H29N5O4S/c1-19-4-6-23(7-5-19)36(34,35)29-12-10-28(11-13-29)24-17-25(32)31(26(33)30(24)9-8-27)18-22-15-20(2)14-21(3)16-22/h4-7,14-17H,9-13,18H2,1-3H3. The van der Waals surface area contributed by atoms with E-state index in [0.29, 0.717) is 5.82 Å². The summed E-state index contributed by atoms with van der Waals surface area (Å²) in [4.78, 5) is 28.3. The van der Waals surface area contributed by atoms with E-state index < -0.39 is 21.3 Å². The van der Waals surface area contributed by atoms with Gasteiger partial charge in [-0.25, -0.2) is 13.2 Å². The zero-order valence-corrected chi connectivity index (χ0v) is 21.5. The molecule has 2 aromatic carbocycles. The van der Waals surface area contributed by atoms with Crippen LogP contribution in [0.3, 0.4) is 0 Å². The molecule has 0 aliphatic carbocycles. The molecule has 0 amide bonds. The van der Waals surface area contributed by atoms with Crippen molar-refractivity contribution in [3.05, 3.63) is 91.6 Å². The van der Waals surface area contributed by atoms with Crippen molar-refractivity contribution in [2.24, 2.45) is 0 Å². The molecular weight excluding hydrogens is 478 g/mol. The number of hydrogen-bond acceptors (Lipinski definition) is 6. The predicted octanol–water partition coefficient (Wildman–Crippen LogP) is 2.02. The number of sulfonamides is 1. The Hall–Kier alpha value is -3.68. The first-order chi connectivity index (χ1) is 17.1. The molecule has 0 atom stereocenters. The van der Waals surface area contributed by atoms with Gasteiger partial charge in [0.05, 0.1) is 17.5 Å². The van der Waals surface area contributed by atoms with Crippen LogP contribution in [-0.2, 0) is 23.1 Å². The van der Waals surface area contributed by atoms with Gasteiger partial charge in [0, 0.05) is 32.2 Å². The number of nitriles is 1. The molecule has 0 unspecified atom stereocenters. The summed E-state index contributed by atoms with van der Waals surface area (Å²) < 4.78 is 29.9. The van der Waals surface area contributed by atoms with E-state index in [-0.39, 0.29) is 44.2 Å². The van der Waals surface area contributed by atoms with Gasteiger partial charge in [-0.15, -0.1) is 0 Å². The highest BCUT2D eigenvalue weighted by Gasteiger charge is 2.30. The molecule has 4 rings (SSSR count). The second-order valence-corrected chi connectivity index (χ2v) is 11.1. The molecule has 0 radical (unpaired) electrons. The Labute approximate surface area is 210 Å². The van der Waals surface area contributed by atoms with Gasteiger partial charge in [0.15, 0.2) is 0 Å². The summed E-state index contributed by atoms with van der Waals surface area (Å²) in [5.74, 6) is 0.329. The highest BCUT2D eigenvalue weighted by molar-refractivity contribution is 7.89. The smallest absolute Gasteiger partial charge is 0.333 e. The summed E-state index contributed by atoms with van der Waals surface area (Å²) >= 11 is 0. The maximum Gasteiger partial charge on any atom is 0.333 e. The third-order valence-electron chi connectivity index (χ3n) is 6.33. The molecular formula is C26H29N5O4S. The van der Waals surface area contributed by atoms with Crippen LogP contribution in [0.1, 0.15) is 22.3 Å². The van der Waals surface area contributed by atoms with Gasteiger partial charge in [-0.1, -0.05) is 47.0 Å². The van der Waals surface area contributed by atoms with Crippen LogP contribution in [0.4, 0.5) is 5.82 Å². The number of aromatic nitrogens is 2. The Morgan fingerprint density at radius 2 is 1.44 bits per heavy atom. The first-order valence-corrected chi connectivity index (χ1v) is 13.1. The lowest BCUT2D eigenvalue weighted by atomic mass is 10.1. The minimum atomic E-state index is -3.65. The van der Waals surface area contributed by atoms with Gasteiger partial charge in [-0.05, 0) is 38.5 Å². The monoisotopic (exact) mass is 507 g/mol. The molecule has 0 bridgehead atoms. The van der Waals surface area contributed by atoms with E-state index in [0.717, 1.165) is 26.8 Å². The van der Waals surface area contributed by atoms with Gasteiger partial charge in [-0.2, -0.15) is 9.57 Å². The fourth-order valence-electron chi connectivity index (χ4n) is 4.59. The SMILES string of the molecule is Cc1ccc(S(=O)(=O)N2CCN(c3cc(=O)n(Cc4cc(C)cc(C)c4)c(=O)n3CC#N)CC2)cc1. The summed E-state index contributed by atoms with van der Waals surface area (Å²) in [7, 11) is -3.65. The second kappa shape index (κ2) is 10.1. The number of aryl methyl sites for hydroxylation is 3. The molecule has 1 fully saturated rings. The highest BCUT2D eigenvalue weighted by Crippen LogP contribution is 2.21. The van der Waals surface area contributed by atoms with Crippen molar-refractivity contribution in [1.29, 1.82) is 5.26 Å². The number of nitrogens with zero attached hydrogens (tertiary/aromatic N) is 5. The molecule has 0 saturated carbocycles. The lowest BCUT2D eigenvalue weighted by Crippen LogP contribution is -2.51. The van der Waals surface area contributed by atoms with Gasteiger partial charge in [0.25, 0.3) is 5.56 Å². The topological polar surface area (TPSA) is 108 Å². The van der Waals surface area contributed by atoms with Gasteiger partial charge in [0.1, 0.15) is 12.4 Å². The summed E-state index contributed by atoms with van der Waals surface area (Å²) in [5, 5.41) is 9.38. The lowest BCUT2D eigenvalue weighted by molar-refractivity contribution is 0.381. The number of benzene rings is 2. The molecule has 188 valence electrons. The Balaban J connectivity index is 1.60. The molecule has 0 N–H and O–H groups in total. The van der Waals surface area contributed by atoms with Crippen LogP contribution in [0.25, 0.3) is 0 Å². The molecule has 3 aromatic rings. The van der Waals surface area contributed by atoms with E-state index in [1.165, 1.54) is 14.9 Å². The van der Waals surface area contributed by atoms with E-state index in [9.17, 15) is 23.3 Å². The lowest BCUT2D eigenvalue weighted by Gasteiger charge is -2.36. The maximum atomic E-state index is 13.3. The second-order valence-electron chi connectivity index (χ2n) is 9.15. The van der Waals surface area contributed by atoms with Gasteiger partial charge in [-0.3, -0.25) is 13.9 Å². The molecule has 1 aliphatic heterocycles. The molecule has 0 spiro atoms. The van der Waals surface area contributed by atoms with Crippen LogP contribution in [0.5, 0.6) is 0 Å². The van der Waals surface area contributed by atoms with Crippen LogP contribution in [0, 0.1) is 32.1 Å².